The number of carbonyl (C=O) groups excluding carboxylic acids is 3. The Morgan fingerprint density at radius 1 is 1.13 bits per heavy atom. The van der Waals surface area contributed by atoms with E-state index in [0.717, 1.165) is 12.8 Å². The molecule has 2 amide bonds. The van der Waals surface area contributed by atoms with Crippen LogP contribution >= 0.6 is 11.6 Å². The molecule has 3 aliphatic rings. The largest absolute Gasteiger partial charge is 0.478 e. The molecule has 0 bridgehead atoms. The number of amides is 2. The summed E-state index contributed by atoms with van der Waals surface area (Å²) in [5.41, 5.74) is 2.52. The molecule has 15 nitrogen and oxygen atoms in total. The number of hydrogen-bond donors (Lipinski definition) is 6. The van der Waals surface area contributed by atoms with E-state index in [1.54, 1.807) is 36.3 Å². The predicted octanol–water partition coefficient (Wildman–Crippen LogP) is 3.23. The molecule has 17 heteroatoms. The van der Waals surface area contributed by atoms with Crippen molar-refractivity contribution in [3.63, 3.8) is 0 Å². The zero-order chi connectivity index (χ0) is 38.9. The molecule has 0 unspecified atom stereocenters. The lowest BCUT2D eigenvalue weighted by atomic mass is 9.98. The second-order valence-electron chi connectivity index (χ2n) is 13.9. The van der Waals surface area contributed by atoms with Gasteiger partial charge in [-0.25, -0.2) is 27.7 Å². The Balaban J connectivity index is 1.10. The molecule has 2 aliphatic carbocycles. The number of aliphatic carboxylic acids is 1. The predicted molar refractivity (Wildman–Crippen MR) is 200 cm³/mol. The summed E-state index contributed by atoms with van der Waals surface area (Å²) in [4.78, 5) is 54.5. The highest BCUT2D eigenvalue weighted by molar-refractivity contribution is 7.90. The Bertz CT molecular complexity index is 1850. The lowest BCUT2D eigenvalue weighted by molar-refractivity contribution is -0.166. The van der Waals surface area contributed by atoms with Gasteiger partial charge in [0.1, 0.15) is 22.5 Å². The summed E-state index contributed by atoms with van der Waals surface area (Å²) in [5.74, 6) is -1.17. The van der Waals surface area contributed by atoms with Crippen molar-refractivity contribution in [3.8, 4) is 5.88 Å². The standard InChI is InChI=1S/C37H47ClN6O9S/c1-2-24-20-36(24,43-33(46)30-19-28(22-41-30)52-32-17-16-26(38)21-42-32)34(47)44-54(50,51)31-15-9-8-14-29(31)40-18-10-4-3-5-11-25(23-45)37(39,35(48)49)53-27-12-6-7-13-27/h2,8-9,14-17,21,24,27-28,30,40-41H,1,3-7,10-13,18-20,22,39H2,(H,43,46)(H,44,47)(H,48,49)/t24-,28-,30+,36-,37+/m1/s1. The first-order valence-electron chi connectivity index (χ1n) is 18.1. The molecule has 2 heterocycles. The fraction of sp³-hybridized carbons (Fsp3) is 0.514. The minimum absolute atomic E-state index is 0.121. The minimum atomic E-state index is -4.37. The third-order valence-electron chi connectivity index (χ3n) is 10.1. The monoisotopic (exact) mass is 786 g/mol. The molecule has 5 atom stereocenters. The van der Waals surface area contributed by atoms with Gasteiger partial charge in [0.25, 0.3) is 15.9 Å². The topological polar surface area (TPSA) is 228 Å². The summed E-state index contributed by atoms with van der Waals surface area (Å²) in [6, 6.07) is 8.75. The van der Waals surface area contributed by atoms with Gasteiger partial charge in [0, 0.05) is 37.7 Å². The summed E-state index contributed by atoms with van der Waals surface area (Å²) in [7, 11) is -4.37. The van der Waals surface area contributed by atoms with E-state index in [1.165, 1.54) is 18.3 Å². The molecule has 0 spiro atoms. The van der Waals surface area contributed by atoms with Gasteiger partial charge in [-0.15, -0.1) is 6.58 Å². The maximum Gasteiger partial charge on any atom is 0.356 e. The van der Waals surface area contributed by atoms with Crippen LogP contribution in [-0.4, -0.2) is 84.8 Å². The number of nitrogens with one attached hydrogen (secondary N) is 4. The first kappa shape index (κ1) is 40.9. The number of carboxylic acids is 1. The first-order chi connectivity index (χ1) is 25.8. The average Bonchev–Trinajstić information content (AvgIpc) is 3.41. The van der Waals surface area contributed by atoms with Gasteiger partial charge in [-0.1, -0.05) is 55.5 Å². The highest BCUT2D eigenvalue weighted by Crippen LogP contribution is 2.45. The fourth-order valence-electron chi connectivity index (χ4n) is 6.89. The lowest BCUT2D eigenvalue weighted by Gasteiger charge is -2.29. The Hall–Kier alpha value is -4.31. The second kappa shape index (κ2) is 17.9. The van der Waals surface area contributed by atoms with Crippen LogP contribution in [0.3, 0.4) is 0 Å². The third-order valence-corrected chi connectivity index (χ3v) is 11.7. The number of carbonyl (C=O) groups is 3. The summed E-state index contributed by atoms with van der Waals surface area (Å²) >= 11 is 5.88. The molecule has 292 valence electrons. The van der Waals surface area contributed by atoms with E-state index in [1.807, 2.05) is 0 Å². The number of nitrogens with two attached hydrogens (primary N) is 1. The van der Waals surface area contributed by atoms with Gasteiger partial charge >= 0.3 is 5.97 Å². The summed E-state index contributed by atoms with van der Waals surface area (Å²) in [5, 5.41) is 19.2. The average molecular weight is 787 g/mol. The summed E-state index contributed by atoms with van der Waals surface area (Å²) in [6.45, 7) is 4.51. The Morgan fingerprint density at radius 2 is 1.87 bits per heavy atom. The highest BCUT2D eigenvalue weighted by Gasteiger charge is 2.61. The van der Waals surface area contributed by atoms with Crippen molar-refractivity contribution in [2.45, 2.75) is 105 Å². The SMILES string of the molecule is C=C[C@@H]1C[C@]1(NC(=O)[C@@H]1C[C@@H](Oc2ccc(Cl)cn2)CN1)C(=O)NS(=O)(=O)c1ccccc1NCCCCCCC(=C=O)[C@](N)(OC1CCCC1)C(=O)O. The van der Waals surface area contributed by atoms with E-state index < -0.39 is 51.0 Å². The normalized spacial score (nSPS) is 23.4. The van der Waals surface area contributed by atoms with Crippen molar-refractivity contribution in [2.75, 3.05) is 18.4 Å². The molecule has 5 rings (SSSR count). The van der Waals surface area contributed by atoms with E-state index in [-0.39, 0.29) is 41.2 Å². The van der Waals surface area contributed by atoms with Crippen molar-refractivity contribution in [2.24, 2.45) is 11.7 Å². The molecular weight excluding hydrogens is 740 g/mol. The van der Waals surface area contributed by atoms with Crippen molar-refractivity contribution >= 4 is 51.0 Å². The van der Waals surface area contributed by atoms with Crippen LogP contribution in [0.5, 0.6) is 5.88 Å². The van der Waals surface area contributed by atoms with Crippen molar-refractivity contribution in [1.29, 1.82) is 0 Å². The molecule has 3 fully saturated rings. The van der Waals surface area contributed by atoms with Gasteiger partial charge in [0.15, 0.2) is 0 Å². The number of ether oxygens (including phenoxy) is 2. The number of para-hydroxylation sites is 1. The van der Waals surface area contributed by atoms with Crippen molar-refractivity contribution in [3.05, 3.63) is 65.8 Å². The molecule has 1 aromatic heterocycles. The van der Waals surface area contributed by atoms with E-state index in [4.69, 9.17) is 26.8 Å². The number of rotatable bonds is 20. The maximum absolute atomic E-state index is 13.6. The quantitative estimate of drug-likeness (QED) is 0.0491. The molecule has 1 aliphatic heterocycles. The van der Waals surface area contributed by atoms with E-state index in [2.05, 4.69) is 32.2 Å². The minimum Gasteiger partial charge on any atom is -0.478 e. The Labute approximate surface area is 319 Å². The number of sulfonamides is 1. The van der Waals surface area contributed by atoms with Gasteiger partial charge in [-0.2, -0.15) is 0 Å². The van der Waals surface area contributed by atoms with Gasteiger partial charge in [0.05, 0.1) is 28.4 Å². The second-order valence-corrected chi connectivity index (χ2v) is 16.0. The molecule has 7 N–H and O–H groups in total. The number of halogens is 1. The van der Waals surface area contributed by atoms with Crippen molar-refractivity contribution in [1.82, 2.24) is 20.3 Å². The molecule has 0 radical (unpaired) electrons. The number of pyridine rings is 1. The Morgan fingerprint density at radius 3 is 2.54 bits per heavy atom. The number of carboxylic acid groups (broad SMARTS) is 1. The number of nitrogens with zero attached hydrogens (tertiary/aromatic N) is 1. The van der Waals surface area contributed by atoms with Crippen molar-refractivity contribution < 1.29 is 42.2 Å². The van der Waals surface area contributed by atoms with Crippen LogP contribution < -0.4 is 31.1 Å². The number of aromatic nitrogens is 1. The van der Waals surface area contributed by atoms with Crippen LogP contribution in [0.2, 0.25) is 5.02 Å². The summed E-state index contributed by atoms with van der Waals surface area (Å²) < 4.78 is 40.8. The molecule has 1 saturated heterocycles. The zero-order valence-electron chi connectivity index (χ0n) is 29.9. The first-order valence-corrected chi connectivity index (χ1v) is 20.0. The van der Waals surface area contributed by atoms with Gasteiger partial charge < -0.3 is 30.5 Å². The maximum atomic E-state index is 13.6. The summed E-state index contributed by atoms with van der Waals surface area (Å²) in [6.07, 6.45) is 8.56. The van der Waals surface area contributed by atoms with Gasteiger partial charge in [-0.05, 0) is 56.7 Å². The number of unbranched alkanes of at least 4 members (excludes halogenated alkanes) is 3. The van der Waals surface area contributed by atoms with E-state index in [0.29, 0.717) is 68.9 Å². The molecule has 1 aromatic carbocycles. The van der Waals surface area contributed by atoms with Crippen LogP contribution in [0.1, 0.15) is 70.6 Å². The third kappa shape index (κ3) is 9.86. The van der Waals surface area contributed by atoms with Crippen LogP contribution in [0.25, 0.3) is 0 Å². The fourth-order valence-corrected chi connectivity index (χ4v) is 8.22. The van der Waals surface area contributed by atoms with E-state index in [9.17, 15) is 32.7 Å². The van der Waals surface area contributed by atoms with Crippen LogP contribution in [0, 0.1) is 5.92 Å². The molecule has 2 saturated carbocycles. The van der Waals surface area contributed by atoms with E-state index >= 15 is 0 Å². The molecular formula is C37H47ClN6O9S. The van der Waals surface area contributed by atoms with Crippen LogP contribution in [0.4, 0.5) is 5.69 Å². The zero-order valence-corrected chi connectivity index (χ0v) is 31.4. The lowest BCUT2D eigenvalue weighted by Crippen LogP contribution is -2.55. The molecule has 54 heavy (non-hydrogen) atoms. The smallest absolute Gasteiger partial charge is 0.356 e. The van der Waals surface area contributed by atoms with Gasteiger partial charge in [-0.3, -0.25) is 15.3 Å². The van der Waals surface area contributed by atoms with Crippen LogP contribution in [0.15, 0.2) is 65.7 Å². The number of hydrogen-bond acceptors (Lipinski definition) is 12. The van der Waals surface area contributed by atoms with Gasteiger partial charge in [0.2, 0.25) is 17.5 Å². The van der Waals surface area contributed by atoms with Crippen LogP contribution in [-0.2, 0) is 33.9 Å². The number of anilines is 1. The number of benzene rings is 1. The molecule has 2 aromatic rings. The highest BCUT2D eigenvalue weighted by atomic mass is 35.5. The Kier molecular flexibility index (Phi) is 13.5.